The summed E-state index contributed by atoms with van der Waals surface area (Å²) in [4.78, 5) is 22.1. The molecule has 15 heavy (non-hydrogen) atoms. The minimum absolute atomic E-state index is 0.152. The van der Waals surface area contributed by atoms with Gasteiger partial charge in [0.15, 0.2) is 0 Å². The molecule has 0 spiro atoms. The number of methoxy groups -OCH3 is 1. The fourth-order valence-corrected chi connectivity index (χ4v) is 1.14. The Bertz CT molecular complexity index is 353. The third kappa shape index (κ3) is 3.81. The van der Waals surface area contributed by atoms with Crippen molar-refractivity contribution in [3.63, 3.8) is 0 Å². The second kappa shape index (κ2) is 5.14. The molecule has 4 nitrogen and oxygen atoms in total. The van der Waals surface area contributed by atoms with Crippen LogP contribution in [0.2, 0.25) is 0 Å². The number of ether oxygens (including phenoxy) is 1. The van der Waals surface area contributed by atoms with E-state index < -0.39 is 5.97 Å². The van der Waals surface area contributed by atoms with Crippen molar-refractivity contribution in [3.05, 3.63) is 29.8 Å². The number of hydrogen-bond donors (Lipinski definition) is 1. The molecular weight excluding hydrogens is 196 g/mol. The largest absolute Gasteiger partial charge is 0.508 e. The van der Waals surface area contributed by atoms with Crippen molar-refractivity contribution in [2.24, 2.45) is 0 Å². The zero-order chi connectivity index (χ0) is 11.3. The van der Waals surface area contributed by atoms with Gasteiger partial charge in [0.25, 0.3) is 0 Å². The van der Waals surface area contributed by atoms with Gasteiger partial charge >= 0.3 is 5.97 Å². The lowest BCUT2D eigenvalue weighted by molar-refractivity contribution is -0.143. The van der Waals surface area contributed by atoms with Crippen molar-refractivity contribution >= 4 is 11.8 Å². The predicted molar refractivity (Wildman–Crippen MR) is 53.5 cm³/mol. The number of esters is 1. The van der Waals surface area contributed by atoms with Gasteiger partial charge in [0, 0.05) is 6.42 Å². The van der Waals surface area contributed by atoms with Crippen LogP contribution < -0.4 is 0 Å². The molecule has 0 saturated carbocycles. The van der Waals surface area contributed by atoms with Gasteiger partial charge in [-0.3, -0.25) is 9.59 Å². The van der Waals surface area contributed by atoms with Gasteiger partial charge in [0.1, 0.15) is 18.0 Å². The van der Waals surface area contributed by atoms with E-state index in [0.717, 1.165) is 5.56 Å². The molecule has 0 aliphatic carbocycles. The summed E-state index contributed by atoms with van der Waals surface area (Å²) in [6.07, 6.45) is -0.0350. The van der Waals surface area contributed by atoms with E-state index in [1.54, 1.807) is 12.1 Å². The van der Waals surface area contributed by atoms with Crippen molar-refractivity contribution in [3.8, 4) is 5.75 Å². The van der Waals surface area contributed by atoms with E-state index in [4.69, 9.17) is 5.11 Å². The van der Waals surface area contributed by atoms with Gasteiger partial charge < -0.3 is 9.84 Å². The first-order valence-corrected chi connectivity index (χ1v) is 4.48. The maximum atomic E-state index is 11.3. The second-order valence-corrected chi connectivity index (χ2v) is 3.13. The molecular formula is C11H12O4. The van der Waals surface area contributed by atoms with E-state index in [2.05, 4.69) is 4.74 Å². The summed E-state index contributed by atoms with van der Waals surface area (Å²) in [7, 11) is 1.25. The van der Waals surface area contributed by atoms with Crippen LogP contribution in [0.4, 0.5) is 0 Å². The van der Waals surface area contributed by atoms with Crippen LogP contribution in [-0.2, 0) is 20.7 Å². The molecule has 0 unspecified atom stereocenters. The van der Waals surface area contributed by atoms with E-state index >= 15 is 0 Å². The molecule has 1 aromatic carbocycles. The zero-order valence-electron chi connectivity index (χ0n) is 8.40. The molecule has 0 aliphatic heterocycles. The molecule has 0 radical (unpaired) electrons. The molecule has 80 valence electrons. The molecule has 1 aromatic rings. The third-order valence-electron chi connectivity index (χ3n) is 1.91. The van der Waals surface area contributed by atoms with Gasteiger partial charge in [0.05, 0.1) is 7.11 Å². The Hall–Kier alpha value is -1.84. The smallest absolute Gasteiger partial charge is 0.313 e. The maximum Gasteiger partial charge on any atom is 0.313 e. The Morgan fingerprint density at radius 3 is 2.40 bits per heavy atom. The first-order chi connectivity index (χ1) is 7.11. The molecule has 0 bridgehead atoms. The van der Waals surface area contributed by atoms with Crippen molar-refractivity contribution in [1.29, 1.82) is 0 Å². The molecule has 4 heteroatoms. The van der Waals surface area contributed by atoms with Gasteiger partial charge in [-0.25, -0.2) is 0 Å². The minimum atomic E-state index is -0.529. The Kier molecular flexibility index (Phi) is 3.85. The number of rotatable bonds is 4. The van der Waals surface area contributed by atoms with E-state index in [1.165, 1.54) is 19.2 Å². The average molecular weight is 208 g/mol. The summed E-state index contributed by atoms with van der Waals surface area (Å²) in [6, 6.07) is 6.29. The molecule has 0 aromatic heterocycles. The van der Waals surface area contributed by atoms with Crippen molar-refractivity contribution in [2.75, 3.05) is 7.11 Å². The van der Waals surface area contributed by atoms with Crippen molar-refractivity contribution in [1.82, 2.24) is 0 Å². The SMILES string of the molecule is COC(=O)CC(=O)Cc1ccc(O)cc1. The molecule has 0 saturated heterocycles. The number of carbonyl (C=O) groups is 2. The first-order valence-electron chi connectivity index (χ1n) is 4.48. The highest BCUT2D eigenvalue weighted by molar-refractivity contribution is 5.96. The molecule has 0 atom stereocenters. The normalized spacial score (nSPS) is 9.67. The molecule has 1 rings (SSSR count). The number of carbonyl (C=O) groups excluding carboxylic acids is 2. The Morgan fingerprint density at radius 2 is 1.87 bits per heavy atom. The summed E-state index contributed by atoms with van der Waals surface area (Å²) in [6.45, 7) is 0. The molecule has 0 amide bonds. The summed E-state index contributed by atoms with van der Waals surface area (Å²) in [5.41, 5.74) is 0.765. The third-order valence-corrected chi connectivity index (χ3v) is 1.91. The predicted octanol–water partition coefficient (Wildman–Crippen LogP) is 1.07. The maximum absolute atomic E-state index is 11.3. The van der Waals surface area contributed by atoms with Crippen molar-refractivity contribution in [2.45, 2.75) is 12.8 Å². The summed E-state index contributed by atoms with van der Waals surface area (Å²) in [5.74, 6) is -0.578. The van der Waals surface area contributed by atoms with E-state index in [9.17, 15) is 9.59 Å². The lowest BCUT2D eigenvalue weighted by atomic mass is 10.1. The zero-order valence-corrected chi connectivity index (χ0v) is 8.40. The lowest BCUT2D eigenvalue weighted by Crippen LogP contribution is -2.11. The fraction of sp³-hybridized carbons (Fsp3) is 0.273. The number of aromatic hydroxyl groups is 1. The van der Waals surface area contributed by atoms with Gasteiger partial charge in [-0.1, -0.05) is 12.1 Å². The van der Waals surface area contributed by atoms with E-state index in [-0.39, 0.29) is 24.4 Å². The van der Waals surface area contributed by atoms with Gasteiger partial charge in [-0.05, 0) is 17.7 Å². The topological polar surface area (TPSA) is 63.6 Å². The second-order valence-electron chi connectivity index (χ2n) is 3.13. The Labute approximate surface area is 87.5 Å². The van der Waals surface area contributed by atoms with Crippen LogP contribution in [0.3, 0.4) is 0 Å². The quantitative estimate of drug-likeness (QED) is 0.593. The van der Waals surface area contributed by atoms with Crippen LogP contribution in [0.25, 0.3) is 0 Å². The van der Waals surface area contributed by atoms with E-state index in [0.29, 0.717) is 0 Å². The summed E-state index contributed by atoms with van der Waals surface area (Å²) < 4.78 is 4.38. The highest BCUT2D eigenvalue weighted by Crippen LogP contribution is 2.10. The number of phenols is 1. The fourth-order valence-electron chi connectivity index (χ4n) is 1.14. The number of hydrogen-bond acceptors (Lipinski definition) is 4. The number of Topliss-reactive ketones (excluding diaryl/α,β-unsaturated/α-hetero) is 1. The van der Waals surface area contributed by atoms with Crippen molar-refractivity contribution < 1.29 is 19.4 Å². The minimum Gasteiger partial charge on any atom is -0.508 e. The van der Waals surface area contributed by atoms with Crippen LogP contribution in [-0.4, -0.2) is 24.0 Å². The Balaban J connectivity index is 2.51. The Morgan fingerprint density at radius 1 is 1.27 bits per heavy atom. The summed E-state index contributed by atoms with van der Waals surface area (Å²) in [5, 5.41) is 9.02. The molecule has 0 fully saturated rings. The average Bonchev–Trinajstić information content (AvgIpc) is 2.21. The number of phenolic OH excluding ortho intramolecular Hbond substituents is 1. The molecule has 0 heterocycles. The first kappa shape index (κ1) is 11.2. The van der Waals surface area contributed by atoms with Crippen LogP contribution in [0.15, 0.2) is 24.3 Å². The summed E-state index contributed by atoms with van der Waals surface area (Å²) >= 11 is 0. The number of benzene rings is 1. The molecule has 1 N–H and O–H groups in total. The molecule has 0 aliphatic rings. The van der Waals surface area contributed by atoms with Gasteiger partial charge in [0.2, 0.25) is 0 Å². The monoisotopic (exact) mass is 208 g/mol. The number of ketones is 1. The van der Waals surface area contributed by atoms with Crippen LogP contribution in [0.1, 0.15) is 12.0 Å². The standard InChI is InChI=1S/C11H12O4/c1-15-11(14)7-10(13)6-8-2-4-9(12)5-3-8/h2-5,12H,6-7H2,1H3. The lowest BCUT2D eigenvalue weighted by Gasteiger charge is -2.00. The van der Waals surface area contributed by atoms with Crippen LogP contribution in [0.5, 0.6) is 5.75 Å². The highest BCUT2D eigenvalue weighted by atomic mass is 16.5. The highest BCUT2D eigenvalue weighted by Gasteiger charge is 2.09. The van der Waals surface area contributed by atoms with Crippen LogP contribution in [0, 0.1) is 0 Å². The van der Waals surface area contributed by atoms with Gasteiger partial charge in [-0.2, -0.15) is 0 Å². The van der Waals surface area contributed by atoms with Gasteiger partial charge in [-0.15, -0.1) is 0 Å². The van der Waals surface area contributed by atoms with Crippen LogP contribution >= 0.6 is 0 Å². The van der Waals surface area contributed by atoms with E-state index in [1.807, 2.05) is 0 Å².